The van der Waals surface area contributed by atoms with Gasteiger partial charge in [-0.25, -0.2) is 17.2 Å². The summed E-state index contributed by atoms with van der Waals surface area (Å²) < 4.78 is 66.9. The second kappa shape index (κ2) is 6.51. The second-order valence-electron chi connectivity index (χ2n) is 5.73. The summed E-state index contributed by atoms with van der Waals surface area (Å²) in [5, 5.41) is 0. The molecule has 0 fully saturated rings. The summed E-state index contributed by atoms with van der Waals surface area (Å²) >= 11 is -1.57. The van der Waals surface area contributed by atoms with Crippen LogP contribution in [-0.2, 0) is 21.4 Å². The second-order valence-corrected chi connectivity index (χ2v) is 9.38. The maximum absolute atomic E-state index is 13.9. The van der Waals surface area contributed by atoms with Crippen molar-refractivity contribution < 1.29 is 21.8 Å². The van der Waals surface area contributed by atoms with Crippen molar-refractivity contribution in [2.75, 3.05) is 11.0 Å². The molecule has 124 valence electrons. The van der Waals surface area contributed by atoms with Gasteiger partial charge in [0, 0.05) is 5.56 Å². The van der Waals surface area contributed by atoms with Crippen molar-refractivity contribution in [3.8, 4) is 0 Å². The Balaban J connectivity index is 3.22. The molecule has 0 saturated heterocycles. The first-order valence-electron chi connectivity index (χ1n) is 6.26. The smallest absolute Gasteiger partial charge is 0.230 e. The molecule has 0 aliphatic rings. The summed E-state index contributed by atoms with van der Waals surface area (Å²) in [5.41, 5.74) is -0.473. The SMILES string of the molecule is C/C(=N\[S@+]([O-])C(C)(C)C)c1cc(F)c(NS(C)(=O)=O)c(F)c1. The van der Waals surface area contributed by atoms with Crippen LogP contribution in [0.2, 0.25) is 0 Å². The number of hydrogen-bond acceptors (Lipinski definition) is 4. The number of halogens is 2. The molecular formula is C13H18F2N2O3S2. The molecule has 1 atom stereocenters. The molecule has 0 heterocycles. The van der Waals surface area contributed by atoms with Gasteiger partial charge in [-0.2, -0.15) is 0 Å². The van der Waals surface area contributed by atoms with Crippen LogP contribution < -0.4 is 4.72 Å². The van der Waals surface area contributed by atoms with Gasteiger partial charge in [0.15, 0.2) is 11.6 Å². The molecule has 1 aromatic carbocycles. The van der Waals surface area contributed by atoms with Gasteiger partial charge in [-0.15, -0.1) is 0 Å². The lowest BCUT2D eigenvalue weighted by Crippen LogP contribution is -2.26. The summed E-state index contributed by atoms with van der Waals surface area (Å²) in [6.07, 6.45) is 0.791. The Morgan fingerprint density at radius 3 is 2.09 bits per heavy atom. The lowest BCUT2D eigenvalue weighted by atomic mass is 10.1. The van der Waals surface area contributed by atoms with E-state index in [0.717, 1.165) is 18.4 Å². The highest BCUT2D eigenvalue weighted by Crippen LogP contribution is 2.23. The molecule has 0 bridgehead atoms. The van der Waals surface area contributed by atoms with Gasteiger partial charge in [-0.1, -0.05) is 4.40 Å². The molecule has 1 N–H and O–H groups in total. The molecule has 0 aliphatic heterocycles. The quantitative estimate of drug-likeness (QED) is 0.668. The number of rotatable bonds is 4. The van der Waals surface area contributed by atoms with E-state index >= 15 is 0 Å². The van der Waals surface area contributed by atoms with Crippen molar-refractivity contribution in [1.82, 2.24) is 0 Å². The first-order valence-corrected chi connectivity index (χ1v) is 9.25. The Labute approximate surface area is 132 Å². The summed E-state index contributed by atoms with van der Waals surface area (Å²) in [6.45, 7) is 6.64. The van der Waals surface area contributed by atoms with E-state index < -0.39 is 43.5 Å². The number of nitrogens with zero attached hydrogens (tertiary/aromatic N) is 1. The van der Waals surface area contributed by atoms with E-state index in [1.165, 1.54) is 6.92 Å². The van der Waals surface area contributed by atoms with Gasteiger partial charge in [0.05, 0.1) is 12.0 Å². The number of sulfonamides is 1. The van der Waals surface area contributed by atoms with Crippen molar-refractivity contribution in [3.63, 3.8) is 0 Å². The largest absolute Gasteiger partial charge is 0.591 e. The molecule has 5 nitrogen and oxygen atoms in total. The Bertz CT molecular complexity index is 675. The number of nitrogens with one attached hydrogen (secondary N) is 1. The third kappa shape index (κ3) is 5.22. The zero-order valence-electron chi connectivity index (χ0n) is 12.9. The van der Waals surface area contributed by atoms with Crippen LogP contribution in [-0.4, -0.2) is 29.7 Å². The fourth-order valence-electron chi connectivity index (χ4n) is 1.38. The highest BCUT2D eigenvalue weighted by molar-refractivity contribution is 7.92. The topological polar surface area (TPSA) is 81.6 Å². The van der Waals surface area contributed by atoms with Gasteiger partial charge in [0.2, 0.25) is 10.0 Å². The molecule has 22 heavy (non-hydrogen) atoms. The maximum Gasteiger partial charge on any atom is 0.230 e. The summed E-state index contributed by atoms with van der Waals surface area (Å²) in [5.74, 6) is -2.15. The average molecular weight is 352 g/mol. The number of hydrogen-bond donors (Lipinski definition) is 1. The van der Waals surface area contributed by atoms with Crippen molar-refractivity contribution in [1.29, 1.82) is 0 Å². The maximum atomic E-state index is 13.9. The first kappa shape index (κ1) is 18.9. The van der Waals surface area contributed by atoms with Crippen molar-refractivity contribution >= 4 is 32.8 Å². The minimum absolute atomic E-state index is 0.0895. The zero-order chi connectivity index (χ0) is 17.3. The van der Waals surface area contributed by atoms with Crippen molar-refractivity contribution in [2.24, 2.45) is 4.40 Å². The molecule has 0 radical (unpaired) electrons. The highest BCUT2D eigenvalue weighted by atomic mass is 32.2. The molecule has 0 unspecified atom stereocenters. The minimum atomic E-state index is -3.80. The molecule has 1 aromatic rings. The van der Waals surface area contributed by atoms with Crippen LogP contribution in [0.1, 0.15) is 33.3 Å². The molecule has 0 saturated carbocycles. The Kier molecular flexibility index (Phi) is 5.58. The third-order valence-electron chi connectivity index (χ3n) is 2.49. The van der Waals surface area contributed by atoms with Gasteiger partial charge in [-0.05, 0) is 39.8 Å². The van der Waals surface area contributed by atoms with E-state index in [2.05, 4.69) is 4.40 Å². The van der Waals surface area contributed by atoms with E-state index in [4.69, 9.17) is 0 Å². The average Bonchev–Trinajstić information content (AvgIpc) is 2.31. The van der Waals surface area contributed by atoms with Crippen LogP contribution in [0.15, 0.2) is 16.5 Å². The molecule has 9 heteroatoms. The third-order valence-corrected chi connectivity index (χ3v) is 4.55. The number of benzene rings is 1. The molecular weight excluding hydrogens is 334 g/mol. The normalized spacial score (nSPS) is 14.8. The number of anilines is 1. The van der Waals surface area contributed by atoms with Gasteiger partial charge in [0.25, 0.3) is 0 Å². The lowest BCUT2D eigenvalue weighted by molar-refractivity contribution is 0.561. The predicted octanol–water partition coefficient (Wildman–Crippen LogP) is 2.61. The van der Waals surface area contributed by atoms with E-state index in [0.29, 0.717) is 0 Å². The Hall–Kier alpha value is -1.19. The molecule has 0 amide bonds. The monoisotopic (exact) mass is 352 g/mol. The van der Waals surface area contributed by atoms with Crippen molar-refractivity contribution in [2.45, 2.75) is 32.4 Å². The molecule has 1 rings (SSSR count). The standard InChI is InChI=1S/C13H18F2N2O3S2/c1-8(16-21(18)13(2,3)4)9-6-10(14)12(11(15)7-9)17-22(5,19)20/h6-7,17H,1-5H3/b16-8+/t21-/m1/s1. The van der Waals surface area contributed by atoms with Crippen LogP contribution in [0.5, 0.6) is 0 Å². The summed E-state index contributed by atoms with van der Waals surface area (Å²) in [6, 6.07) is 1.88. The van der Waals surface area contributed by atoms with E-state index in [-0.39, 0.29) is 11.3 Å². The van der Waals surface area contributed by atoms with Crippen LogP contribution in [0.25, 0.3) is 0 Å². The Morgan fingerprint density at radius 2 is 1.73 bits per heavy atom. The van der Waals surface area contributed by atoms with E-state index in [1.54, 1.807) is 25.5 Å². The van der Waals surface area contributed by atoms with Gasteiger partial charge in [-0.3, -0.25) is 4.72 Å². The van der Waals surface area contributed by atoms with E-state index in [1.807, 2.05) is 0 Å². The summed E-state index contributed by atoms with van der Waals surface area (Å²) in [4.78, 5) is 0. The first-order chi connectivity index (χ1) is 9.81. The highest BCUT2D eigenvalue weighted by Gasteiger charge is 2.27. The van der Waals surface area contributed by atoms with Gasteiger partial charge < -0.3 is 4.55 Å². The van der Waals surface area contributed by atoms with Crippen molar-refractivity contribution in [3.05, 3.63) is 29.3 Å². The zero-order valence-corrected chi connectivity index (χ0v) is 14.5. The molecule has 0 spiro atoms. The predicted molar refractivity (Wildman–Crippen MR) is 84.9 cm³/mol. The lowest BCUT2D eigenvalue weighted by Gasteiger charge is -2.19. The van der Waals surface area contributed by atoms with Crippen LogP contribution in [0.4, 0.5) is 14.5 Å². The summed E-state index contributed by atoms with van der Waals surface area (Å²) in [7, 11) is -3.80. The molecule has 0 aromatic heterocycles. The minimum Gasteiger partial charge on any atom is -0.591 e. The van der Waals surface area contributed by atoms with Crippen LogP contribution in [0.3, 0.4) is 0 Å². The molecule has 0 aliphatic carbocycles. The fraction of sp³-hybridized carbons (Fsp3) is 0.462. The van der Waals surface area contributed by atoms with Crippen LogP contribution in [0, 0.1) is 11.6 Å². The fourth-order valence-corrected chi connectivity index (χ4v) is 2.57. The Morgan fingerprint density at radius 1 is 1.27 bits per heavy atom. The van der Waals surface area contributed by atoms with Gasteiger partial charge >= 0.3 is 0 Å². The van der Waals surface area contributed by atoms with Gasteiger partial charge in [0.1, 0.15) is 21.8 Å². The van der Waals surface area contributed by atoms with E-state index in [9.17, 15) is 21.8 Å². The van der Waals surface area contributed by atoms with Crippen LogP contribution >= 0.6 is 0 Å².